The Hall–Kier alpha value is -4.04. The van der Waals surface area contributed by atoms with Crippen LogP contribution in [-0.4, -0.2) is 54.2 Å². The molecule has 0 bridgehead atoms. The van der Waals surface area contributed by atoms with E-state index in [9.17, 15) is 4.79 Å². The summed E-state index contributed by atoms with van der Waals surface area (Å²) in [5.74, 6) is 3.47. The molecule has 3 aromatic carbocycles. The van der Waals surface area contributed by atoms with Crippen LogP contribution in [-0.2, 0) is 17.9 Å². The van der Waals surface area contributed by atoms with Gasteiger partial charge in [-0.1, -0.05) is 30.3 Å². The molecule has 1 aromatic heterocycles. The van der Waals surface area contributed by atoms with Crippen LogP contribution in [0.5, 0.6) is 17.2 Å². The molecule has 4 aromatic rings. The van der Waals surface area contributed by atoms with E-state index in [1.165, 1.54) is 0 Å². The number of para-hydroxylation sites is 3. The van der Waals surface area contributed by atoms with Crippen LogP contribution in [0.4, 0.5) is 5.69 Å². The second-order valence-electron chi connectivity index (χ2n) is 9.57. The third kappa shape index (κ3) is 6.08. The van der Waals surface area contributed by atoms with Crippen molar-refractivity contribution >= 4 is 22.6 Å². The van der Waals surface area contributed by atoms with Gasteiger partial charge in [-0.15, -0.1) is 0 Å². The van der Waals surface area contributed by atoms with E-state index in [-0.39, 0.29) is 5.91 Å². The Morgan fingerprint density at radius 1 is 0.947 bits per heavy atom. The average molecular weight is 515 g/mol. The highest BCUT2D eigenvalue weighted by Crippen LogP contribution is 2.30. The first-order valence-electron chi connectivity index (χ1n) is 13.0. The number of hydrogen-bond acceptors (Lipinski definition) is 6. The van der Waals surface area contributed by atoms with E-state index in [2.05, 4.69) is 33.0 Å². The summed E-state index contributed by atoms with van der Waals surface area (Å²) in [5, 5.41) is 2.98. The van der Waals surface area contributed by atoms with Gasteiger partial charge >= 0.3 is 0 Å². The summed E-state index contributed by atoms with van der Waals surface area (Å²) < 4.78 is 19.0. The standard InChI is InChI=1S/C30H34N4O4/c1-36-27-13-12-23(18-28(27)37-2)31-30(35)20-33-16-14-22(15-17-33)19-34-26-11-7-6-10-25(26)32-29(34)21-38-24-8-4-3-5-9-24/h3-13,18,22H,14-17,19-21H2,1-2H3,(H,31,35). The predicted molar refractivity (Wildman–Crippen MR) is 148 cm³/mol. The Labute approximate surface area is 223 Å². The van der Waals surface area contributed by atoms with Crippen LogP contribution in [0.1, 0.15) is 18.7 Å². The maximum absolute atomic E-state index is 12.7. The Kier molecular flexibility index (Phi) is 8.09. The predicted octanol–water partition coefficient (Wildman–Crippen LogP) is 4.98. The van der Waals surface area contributed by atoms with Crippen molar-refractivity contribution in [3.8, 4) is 17.2 Å². The molecule has 8 nitrogen and oxygen atoms in total. The number of fused-ring (bicyclic) bond motifs is 1. The highest BCUT2D eigenvalue weighted by molar-refractivity contribution is 5.92. The monoisotopic (exact) mass is 514 g/mol. The molecule has 1 N–H and O–H groups in total. The molecule has 38 heavy (non-hydrogen) atoms. The van der Waals surface area contributed by atoms with Crippen LogP contribution in [0.25, 0.3) is 11.0 Å². The molecule has 8 heteroatoms. The van der Waals surface area contributed by atoms with Crippen LogP contribution < -0.4 is 19.5 Å². The molecule has 0 unspecified atom stereocenters. The van der Waals surface area contributed by atoms with Gasteiger partial charge in [0.25, 0.3) is 0 Å². The van der Waals surface area contributed by atoms with Gasteiger partial charge < -0.3 is 24.1 Å². The van der Waals surface area contributed by atoms with Crippen molar-refractivity contribution in [3.63, 3.8) is 0 Å². The van der Waals surface area contributed by atoms with Gasteiger partial charge in [-0.2, -0.15) is 0 Å². The van der Waals surface area contributed by atoms with Gasteiger partial charge in [0.05, 0.1) is 31.8 Å². The third-order valence-corrected chi connectivity index (χ3v) is 7.03. The molecule has 1 aliphatic heterocycles. The van der Waals surface area contributed by atoms with E-state index in [1.54, 1.807) is 26.4 Å². The fourth-order valence-corrected chi connectivity index (χ4v) is 5.01. The average Bonchev–Trinajstić information content (AvgIpc) is 3.30. The minimum absolute atomic E-state index is 0.0309. The van der Waals surface area contributed by atoms with E-state index in [4.69, 9.17) is 19.2 Å². The Morgan fingerprint density at radius 2 is 1.68 bits per heavy atom. The number of likely N-dealkylation sites (tertiary alicyclic amines) is 1. The van der Waals surface area contributed by atoms with Gasteiger partial charge in [0.1, 0.15) is 18.2 Å². The van der Waals surface area contributed by atoms with Crippen LogP contribution in [0, 0.1) is 5.92 Å². The number of piperidine rings is 1. The van der Waals surface area contributed by atoms with E-state index in [1.807, 2.05) is 42.5 Å². The van der Waals surface area contributed by atoms with Crippen LogP contribution in [0.3, 0.4) is 0 Å². The molecule has 1 saturated heterocycles. The van der Waals surface area contributed by atoms with Crippen molar-refractivity contribution in [3.05, 3.63) is 78.6 Å². The summed E-state index contributed by atoms with van der Waals surface area (Å²) in [4.78, 5) is 19.8. The van der Waals surface area contributed by atoms with Crippen LogP contribution in [0.15, 0.2) is 72.8 Å². The zero-order valence-electron chi connectivity index (χ0n) is 21.9. The number of anilines is 1. The fraction of sp³-hybridized carbons (Fsp3) is 0.333. The number of hydrogen-bond donors (Lipinski definition) is 1. The first-order chi connectivity index (χ1) is 18.6. The number of rotatable bonds is 10. The molecule has 1 amide bonds. The smallest absolute Gasteiger partial charge is 0.238 e. The molecule has 198 valence electrons. The number of carbonyl (C=O) groups excluding carboxylic acids is 1. The quantitative estimate of drug-likeness (QED) is 0.322. The normalized spacial score (nSPS) is 14.4. The number of amides is 1. The van der Waals surface area contributed by atoms with Gasteiger partial charge in [-0.3, -0.25) is 9.69 Å². The van der Waals surface area contributed by atoms with Crippen molar-refractivity contribution in [2.24, 2.45) is 5.92 Å². The Morgan fingerprint density at radius 3 is 2.45 bits per heavy atom. The molecule has 0 atom stereocenters. The maximum Gasteiger partial charge on any atom is 0.238 e. The SMILES string of the molecule is COc1ccc(NC(=O)CN2CCC(Cn3c(COc4ccccc4)nc4ccccc43)CC2)cc1OC. The first-order valence-corrected chi connectivity index (χ1v) is 13.0. The van der Waals surface area contributed by atoms with Crippen LogP contribution in [0.2, 0.25) is 0 Å². The number of benzene rings is 3. The van der Waals surface area contributed by atoms with E-state index < -0.39 is 0 Å². The molecule has 1 fully saturated rings. The van der Waals surface area contributed by atoms with Gasteiger partial charge in [0.15, 0.2) is 11.5 Å². The van der Waals surface area contributed by atoms with E-state index in [0.717, 1.165) is 55.1 Å². The molecule has 5 rings (SSSR count). The van der Waals surface area contributed by atoms with Crippen molar-refractivity contribution in [1.29, 1.82) is 0 Å². The van der Waals surface area contributed by atoms with Crippen molar-refractivity contribution < 1.29 is 19.0 Å². The molecule has 0 spiro atoms. The second kappa shape index (κ2) is 12.0. The highest BCUT2D eigenvalue weighted by Gasteiger charge is 2.23. The topological polar surface area (TPSA) is 77.9 Å². The van der Waals surface area contributed by atoms with Gasteiger partial charge in [-0.25, -0.2) is 4.98 Å². The molecular formula is C30H34N4O4. The number of imidazole rings is 1. The van der Waals surface area contributed by atoms with Gasteiger partial charge in [0.2, 0.25) is 5.91 Å². The lowest BCUT2D eigenvalue weighted by atomic mass is 9.96. The van der Waals surface area contributed by atoms with Gasteiger partial charge in [-0.05, 0) is 68.2 Å². The van der Waals surface area contributed by atoms with Crippen molar-refractivity contribution in [2.45, 2.75) is 26.0 Å². The van der Waals surface area contributed by atoms with Crippen molar-refractivity contribution in [1.82, 2.24) is 14.5 Å². The minimum atomic E-state index is -0.0309. The van der Waals surface area contributed by atoms with Crippen LogP contribution >= 0.6 is 0 Å². The number of ether oxygens (including phenoxy) is 3. The fourth-order valence-electron chi connectivity index (χ4n) is 5.01. The summed E-state index contributed by atoms with van der Waals surface area (Å²) in [7, 11) is 3.17. The number of carbonyl (C=O) groups is 1. The molecule has 0 radical (unpaired) electrons. The molecule has 0 aliphatic carbocycles. The Balaban J connectivity index is 1.17. The molecule has 2 heterocycles. The number of nitrogens with zero attached hydrogens (tertiary/aromatic N) is 3. The largest absolute Gasteiger partial charge is 0.493 e. The van der Waals surface area contributed by atoms with E-state index >= 15 is 0 Å². The van der Waals surface area contributed by atoms with Gasteiger partial charge in [0, 0.05) is 18.3 Å². The molecular weight excluding hydrogens is 480 g/mol. The zero-order valence-corrected chi connectivity index (χ0v) is 21.9. The summed E-state index contributed by atoms with van der Waals surface area (Å²) in [5.41, 5.74) is 2.82. The third-order valence-electron chi connectivity index (χ3n) is 7.03. The lowest BCUT2D eigenvalue weighted by Gasteiger charge is -2.32. The summed E-state index contributed by atoms with van der Waals surface area (Å²) in [6.07, 6.45) is 2.05. The molecule has 1 aliphatic rings. The number of methoxy groups -OCH3 is 2. The summed E-state index contributed by atoms with van der Waals surface area (Å²) in [6.45, 7) is 3.44. The van der Waals surface area contributed by atoms with Crippen molar-refractivity contribution in [2.75, 3.05) is 39.2 Å². The maximum atomic E-state index is 12.7. The number of aromatic nitrogens is 2. The second-order valence-corrected chi connectivity index (χ2v) is 9.57. The lowest BCUT2D eigenvalue weighted by molar-refractivity contribution is -0.117. The summed E-state index contributed by atoms with van der Waals surface area (Å²) >= 11 is 0. The number of nitrogens with one attached hydrogen (secondary N) is 1. The highest BCUT2D eigenvalue weighted by atomic mass is 16.5. The lowest BCUT2D eigenvalue weighted by Crippen LogP contribution is -2.40. The van der Waals surface area contributed by atoms with E-state index in [0.29, 0.717) is 36.3 Å². The first kappa shape index (κ1) is 25.6. The Bertz CT molecular complexity index is 1360. The zero-order chi connectivity index (χ0) is 26.3. The summed E-state index contributed by atoms with van der Waals surface area (Å²) in [6, 6.07) is 23.5. The molecule has 0 saturated carbocycles. The minimum Gasteiger partial charge on any atom is -0.493 e.